The number of aryl methyl sites for hydroxylation is 1. The summed E-state index contributed by atoms with van der Waals surface area (Å²) in [7, 11) is 2.00. The normalized spacial score (nSPS) is 10.7. The summed E-state index contributed by atoms with van der Waals surface area (Å²) in [6.07, 6.45) is 6.77. The summed E-state index contributed by atoms with van der Waals surface area (Å²) in [5.41, 5.74) is 4.17. The van der Waals surface area contributed by atoms with Gasteiger partial charge in [0, 0.05) is 12.8 Å². The van der Waals surface area contributed by atoms with Crippen LogP contribution in [0.15, 0.2) is 36.4 Å². The summed E-state index contributed by atoms with van der Waals surface area (Å²) in [4.78, 5) is 23.6. The lowest BCUT2D eigenvalue weighted by Crippen LogP contribution is -2.10. The summed E-state index contributed by atoms with van der Waals surface area (Å²) in [5.74, 6) is 1.14. The van der Waals surface area contributed by atoms with Crippen molar-refractivity contribution in [3.63, 3.8) is 0 Å². The smallest absolute Gasteiger partial charge is 0.306 e. The highest BCUT2D eigenvalue weighted by Gasteiger charge is 2.13. The van der Waals surface area contributed by atoms with E-state index < -0.39 is 0 Å². The molecule has 0 unspecified atom stereocenters. The van der Waals surface area contributed by atoms with Gasteiger partial charge in [-0.05, 0) is 80.8 Å². The molecule has 0 aromatic heterocycles. The Bertz CT molecular complexity index is 993. The van der Waals surface area contributed by atoms with Crippen LogP contribution in [0.2, 0.25) is 0 Å². The summed E-state index contributed by atoms with van der Waals surface area (Å²) in [6.45, 7) is 5.42. The van der Waals surface area contributed by atoms with E-state index in [9.17, 15) is 14.7 Å². The molecule has 2 aromatic carbocycles. The number of ether oxygens (including phenoxy) is 4. The Hall–Kier alpha value is -3.00. The Labute approximate surface area is 228 Å². The molecule has 2 aromatic rings. The molecule has 1 N–H and O–H groups in total. The van der Waals surface area contributed by atoms with Crippen LogP contribution in [0.1, 0.15) is 75.5 Å². The third-order valence-electron chi connectivity index (χ3n) is 6.11. The van der Waals surface area contributed by atoms with Crippen LogP contribution >= 0.6 is 0 Å². The monoisotopic (exact) mass is 526 g/mol. The maximum Gasteiger partial charge on any atom is 0.306 e. The number of aliphatic hydroxyl groups is 1. The van der Waals surface area contributed by atoms with Crippen molar-refractivity contribution in [2.75, 3.05) is 26.4 Å². The lowest BCUT2D eigenvalue weighted by Gasteiger charge is -2.16. The first-order valence-corrected chi connectivity index (χ1v) is 13.9. The highest BCUT2D eigenvalue weighted by molar-refractivity contribution is 6.32. The predicted octanol–water partition coefficient (Wildman–Crippen LogP) is 3.84. The number of carbonyl (C=O) groups excluding carboxylic acids is 2. The zero-order valence-corrected chi connectivity index (χ0v) is 23.3. The molecule has 0 heterocycles. The molecule has 7 nitrogen and oxygen atoms in total. The number of hydrogen-bond acceptors (Lipinski definition) is 7. The Kier molecular flexibility index (Phi) is 15.0. The topological polar surface area (TPSA) is 91.3 Å². The zero-order chi connectivity index (χ0) is 27.6. The summed E-state index contributed by atoms with van der Waals surface area (Å²) >= 11 is 0. The van der Waals surface area contributed by atoms with Crippen molar-refractivity contribution in [3.8, 4) is 11.5 Å². The van der Waals surface area contributed by atoms with Gasteiger partial charge in [0.25, 0.3) is 0 Å². The van der Waals surface area contributed by atoms with E-state index in [1.165, 1.54) is 5.56 Å². The Morgan fingerprint density at radius 2 is 1.53 bits per heavy atom. The highest BCUT2D eigenvalue weighted by Crippen LogP contribution is 2.26. The molecule has 0 atom stereocenters. The van der Waals surface area contributed by atoms with Gasteiger partial charge in [-0.3, -0.25) is 9.59 Å². The standard InChI is InChI=1S/C30H43BO7/c1-3-35-29(33)14-10-18-38-28-13-9-12-24(27(28)15-16-30(34)36-4-2)11-7-5-6-8-17-37-26-20-23(22-32)19-25(31)21-26/h9,12-13,19-21,32H,3-8,10-11,14-18,22,31H2,1-2H3. The predicted molar refractivity (Wildman–Crippen MR) is 151 cm³/mol. The van der Waals surface area contributed by atoms with Crippen molar-refractivity contribution in [3.05, 3.63) is 53.1 Å². The number of benzene rings is 2. The fourth-order valence-electron chi connectivity index (χ4n) is 4.32. The molecule has 8 heteroatoms. The van der Waals surface area contributed by atoms with Gasteiger partial charge in [0.1, 0.15) is 19.3 Å². The minimum atomic E-state index is -0.216. The van der Waals surface area contributed by atoms with Crippen molar-refractivity contribution < 1.29 is 33.6 Å². The van der Waals surface area contributed by atoms with Crippen LogP contribution in [0.5, 0.6) is 11.5 Å². The number of rotatable bonds is 19. The molecule has 2 rings (SSSR count). The molecule has 0 spiro atoms. The van der Waals surface area contributed by atoms with Crippen molar-refractivity contribution in [1.29, 1.82) is 0 Å². The molecule has 0 saturated carbocycles. The second kappa shape index (κ2) is 18.3. The van der Waals surface area contributed by atoms with Crippen molar-refractivity contribution in [2.24, 2.45) is 0 Å². The van der Waals surface area contributed by atoms with Gasteiger partial charge in [-0.25, -0.2) is 0 Å². The molecule has 0 bridgehead atoms. The van der Waals surface area contributed by atoms with Crippen molar-refractivity contribution in [2.45, 2.75) is 78.2 Å². The molecule has 0 fully saturated rings. The molecule has 208 valence electrons. The molecular formula is C30H43BO7. The van der Waals surface area contributed by atoms with Gasteiger partial charge in [-0.15, -0.1) is 0 Å². The third kappa shape index (κ3) is 12.0. The van der Waals surface area contributed by atoms with Crippen LogP contribution < -0.4 is 14.9 Å². The maximum atomic E-state index is 12.0. The molecule has 0 saturated heterocycles. The van der Waals surface area contributed by atoms with Crippen molar-refractivity contribution >= 4 is 25.2 Å². The van der Waals surface area contributed by atoms with Gasteiger partial charge in [0.2, 0.25) is 0 Å². The van der Waals surface area contributed by atoms with Crippen LogP contribution in [-0.2, 0) is 38.5 Å². The first-order chi connectivity index (χ1) is 18.5. The Morgan fingerprint density at radius 3 is 2.26 bits per heavy atom. The lowest BCUT2D eigenvalue weighted by atomic mass is 9.94. The van der Waals surface area contributed by atoms with E-state index in [0.29, 0.717) is 52.1 Å². The van der Waals surface area contributed by atoms with Crippen molar-refractivity contribution in [1.82, 2.24) is 0 Å². The molecule has 0 aliphatic carbocycles. The second-order valence-electron chi connectivity index (χ2n) is 9.28. The zero-order valence-electron chi connectivity index (χ0n) is 23.3. The first kappa shape index (κ1) is 31.2. The number of hydrogen-bond donors (Lipinski definition) is 1. The fraction of sp³-hybridized carbons (Fsp3) is 0.533. The van der Waals surface area contributed by atoms with E-state index in [2.05, 4.69) is 6.07 Å². The van der Waals surface area contributed by atoms with Gasteiger partial charge in [0.15, 0.2) is 0 Å². The molecule has 0 radical (unpaired) electrons. The fourth-order valence-corrected chi connectivity index (χ4v) is 4.32. The Balaban J connectivity index is 1.85. The largest absolute Gasteiger partial charge is 0.494 e. The average molecular weight is 526 g/mol. The lowest BCUT2D eigenvalue weighted by molar-refractivity contribution is -0.144. The quantitative estimate of drug-likeness (QED) is 0.169. The maximum absolute atomic E-state index is 12.0. The molecule has 38 heavy (non-hydrogen) atoms. The molecule has 0 aliphatic heterocycles. The summed E-state index contributed by atoms with van der Waals surface area (Å²) in [5, 5.41) is 9.36. The van der Waals surface area contributed by atoms with Crippen LogP contribution in [0, 0.1) is 0 Å². The first-order valence-electron chi connectivity index (χ1n) is 13.9. The van der Waals surface area contributed by atoms with Crippen LogP contribution in [0.3, 0.4) is 0 Å². The summed E-state index contributed by atoms with van der Waals surface area (Å²) in [6, 6.07) is 11.8. The summed E-state index contributed by atoms with van der Waals surface area (Å²) < 4.78 is 22.0. The van der Waals surface area contributed by atoms with Gasteiger partial charge < -0.3 is 24.1 Å². The van der Waals surface area contributed by atoms with Gasteiger partial charge in [0.05, 0.1) is 33.0 Å². The third-order valence-corrected chi connectivity index (χ3v) is 6.11. The van der Waals surface area contributed by atoms with E-state index in [1.54, 1.807) is 6.92 Å². The number of aliphatic hydroxyl groups excluding tert-OH is 1. The van der Waals surface area contributed by atoms with E-state index in [4.69, 9.17) is 18.9 Å². The van der Waals surface area contributed by atoms with E-state index in [0.717, 1.165) is 60.2 Å². The molecule has 0 amide bonds. The van der Waals surface area contributed by atoms with Crippen LogP contribution in [0.4, 0.5) is 0 Å². The van der Waals surface area contributed by atoms with Crippen LogP contribution in [-0.4, -0.2) is 51.3 Å². The van der Waals surface area contributed by atoms with Gasteiger partial charge in [-0.1, -0.05) is 36.5 Å². The van der Waals surface area contributed by atoms with Crippen LogP contribution in [0.25, 0.3) is 0 Å². The highest BCUT2D eigenvalue weighted by atomic mass is 16.5. The average Bonchev–Trinajstić information content (AvgIpc) is 2.90. The molecule has 0 aliphatic rings. The molecular weight excluding hydrogens is 483 g/mol. The van der Waals surface area contributed by atoms with Gasteiger partial charge in [-0.2, -0.15) is 0 Å². The SMILES string of the molecule is Bc1cc(CO)cc(OCCCCCCc2cccc(OCCCC(=O)OCC)c2CCC(=O)OCC)c1. The van der Waals surface area contributed by atoms with E-state index >= 15 is 0 Å². The minimum Gasteiger partial charge on any atom is -0.494 e. The minimum absolute atomic E-state index is 0.0135. The number of carbonyl (C=O) groups is 2. The Morgan fingerprint density at radius 1 is 0.816 bits per heavy atom. The van der Waals surface area contributed by atoms with Gasteiger partial charge >= 0.3 is 11.9 Å². The number of unbranched alkanes of at least 4 members (excludes halogenated alkanes) is 3. The van der Waals surface area contributed by atoms with E-state index in [1.807, 2.05) is 45.1 Å². The van der Waals surface area contributed by atoms with E-state index in [-0.39, 0.29) is 18.5 Å². The number of esters is 2. The second-order valence-corrected chi connectivity index (χ2v) is 9.28.